The van der Waals surface area contributed by atoms with Crippen molar-refractivity contribution >= 4 is 5.96 Å². The number of hydrogen-bond donors (Lipinski definition) is 2. The molecule has 0 radical (unpaired) electrons. The van der Waals surface area contributed by atoms with Crippen LogP contribution in [0.25, 0.3) is 0 Å². The summed E-state index contributed by atoms with van der Waals surface area (Å²) in [6.07, 6.45) is 3.08. The fourth-order valence-electron chi connectivity index (χ4n) is 2.07. The van der Waals surface area contributed by atoms with Gasteiger partial charge in [0.05, 0.1) is 0 Å². The molecule has 1 aromatic rings. The van der Waals surface area contributed by atoms with Crippen molar-refractivity contribution in [3.05, 3.63) is 35.6 Å². The maximum atomic E-state index is 13.6. The van der Waals surface area contributed by atoms with Crippen LogP contribution in [0.4, 0.5) is 4.39 Å². The van der Waals surface area contributed by atoms with E-state index in [0.717, 1.165) is 31.4 Å². The Morgan fingerprint density at radius 1 is 1.50 bits per heavy atom. The number of halogens is 1. The lowest BCUT2D eigenvalue weighted by Gasteiger charge is -2.05. The fraction of sp³-hybridized carbons (Fsp3) is 0.500. The molecule has 1 fully saturated rings. The van der Waals surface area contributed by atoms with Crippen molar-refractivity contribution in [3.8, 4) is 0 Å². The second-order valence-corrected chi connectivity index (χ2v) is 4.74. The van der Waals surface area contributed by atoms with Gasteiger partial charge < -0.3 is 11.1 Å². The smallest absolute Gasteiger partial charge is 0.188 e. The molecule has 2 atom stereocenters. The van der Waals surface area contributed by atoms with Crippen LogP contribution in [0.5, 0.6) is 0 Å². The fourth-order valence-corrected chi connectivity index (χ4v) is 2.07. The van der Waals surface area contributed by atoms with E-state index in [0.29, 0.717) is 5.96 Å². The third-order valence-electron chi connectivity index (χ3n) is 3.22. The molecular formula is C14H20FN3. The molecule has 0 bridgehead atoms. The Bertz CT molecular complexity index is 431. The minimum Gasteiger partial charge on any atom is -0.370 e. The van der Waals surface area contributed by atoms with Crippen molar-refractivity contribution in [2.45, 2.75) is 38.1 Å². The third kappa shape index (κ3) is 3.22. The summed E-state index contributed by atoms with van der Waals surface area (Å²) in [4.78, 5) is 4.23. The van der Waals surface area contributed by atoms with Crippen molar-refractivity contribution in [2.24, 2.45) is 10.7 Å². The van der Waals surface area contributed by atoms with E-state index in [1.807, 2.05) is 12.1 Å². The quantitative estimate of drug-likeness (QED) is 0.478. The molecule has 2 unspecified atom stereocenters. The molecule has 1 saturated carbocycles. The summed E-state index contributed by atoms with van der Waals surface area (Å²) in [6, 6.07) is 7.15. The highest BCUT2D eigenvalue weighted by molar-refractivity contribution is 5.78. The maximum Gasteiger partial charge on any atom is 0.188 e. The van der Waals surface area contributed by atoms with Crippen molar-refractivity contribution in [3.63, 3.8) is 0 Å². The van der Waals surface area contributed by atoms with Gasteiger partial charge in [-0.2, -0.15) is 0 Å². The summed E-state index contributed by atoms with van der Waals surface area (Å²) in [5.74, 6) is 0.576. The Kier molecular flexibility index (Phi) is 4.18. The highest BCUT2D eigenvalue weighted by Gasteiger charge is 2.40. The molecule has 1 aliphatic rings. The van der Waals surface area contributed by atoms with E-state index in [9.17, 15) is 4.39 Å². The van der Waals surface area contributed by atoms with Gasteiger partial charge in [-0.25, -0.2) is 4.39 Å². The van der Waals surface area contributed by atoms with E-state index in [2.05, 4.69) is 17.2 Å². The number of aliphatic imine (C=N–C) groups is 1. The first-order valence-corrected chi connectivity index (χ1v) is 6.53. The molecule has 0 aliphatic heterocycles. The predicted molar refractivity (Wildman–Crippen MR) is 72.1 cm³/mol. The summed E-state index contributed by atoms with van der Waals surface area (Å²) >= 11 is 0. The Labute approximate surface area is 107 Å². The molecule has 0 saturated heterocycles. The minimum absolute atomic E-state index is 0.131. The van der Waals surface area contributed by atoms with Gasteiger partial charge in [0.15, 0.2) is 5.96 Å². The molecule has 3 N–H and O–H groups in total. The normalized spacial score (nSPS) is 22.9. The second-order valence-electron chi connectivity index (χ2n) is 4.74. The van der Waals surface area contributed by atoms with Crippen LogP contribution in [0.15, 0.2) is 29.3 Å². The van der Waals surface area contributed by atoms with Crippen molar-refractivity contribution in [1.29, 1.82) is 0 Å². The van der Waals surface area contributed by atoms with Gasteiger partial charge in [0.2, 0.25) is 0 Å². The lowest BCUT2D eigenvalue weighted by Crippen LogP contribution is -2.34. The van der Waals surface area contributed by atoms with Gasteiger partial charge in [-0.15, -0.1) is 0 Å². The van der Waals surface area contributed by atoms with E-state index in [4.69, 9.17) is 5.73 Å². The van der Waals surface area contributed by atoms with Gasteiger partial charge in [-0.1, -0.05) is 31.5 Å². The zero-order chi connectivity index (χ0) is 13.0. The van der Waals surface area contributed by atoms with Crippen molar-refractivity contribution in [2.75, 3.05) is 6.54 Å². The van der Waals surface area contributed by atoms with Gasteiger partial charge in [0, 0.05) is 18.5 Å². The van der Waals surface area contributed by atoms with Crippen molar-refractivity contribution < 1.29 is 4.39 Å². The number of nitrogens with zero attached hydrogens (tertiary/aromatic N) is 1. The molecule has 18 heavy (non-hydrogen) atoms. The SMILES string of the molecule is CCCCN=C(N)NC1CC1c1ccccc1F. The van der Waals surface area contributed by atoms with Gasteiger partial charge in [-0.05, 0) is 24.5 Å². The Hall–Kier alpha value is -1.58. The molecule has 98 valence electrons. The van der Waals surface area contributed by atoms with Crippen LogP contribution in [-0.2, 0) is 0 Å². The Balaban J connectivity index is 1.85. The number of unbranched alkanes of at least 4 members (excludes halogenated alkanes) is 1. The number of benzene rings is 1. The Morgan fingerprint density at radius 2 is 2.28 bits per heavy atom. The molecular weight excluding hydrogens is 229 g/mol. The van der Waals surface area contributed by atoms with Crippen LogP contribution in [0.3, 0.4) is 0 Å². The van der Waals surface area contributed by atoms with E-state index in [-0.39, 0.29) is 17.8 Å². The van der Waals surface area contributed by atoms with E-state index < -0.39 is 0 Å². The van der Waals surface area contributed by atoms with Crippen LogP contribution in [0, 0.1) is 5.82 Å². The summed E-state index contributed by atoms with van der Waals surface area (Å²) in [5.41, 5.74) is 6.55. The lowest BCUT2D eigenvalue weighted by atomic mass is 10.1. The summed E-state index contributed by atoms with van der Waals surface area (Å²) in [5, 5.41) is 3.15. The molecule has 0 heterocycles. The standard InChI is InChI=1S/C14H20FN3/c1-2-3-8-17-14(16)18-13-9-11(13)10-6-4-5-7-12(10)15/h4-7,11,13H,2-3,8-9H2,1H3,(H3,16,17,18). The zero-order valence-corrected chi connectivity index (χ0v) is 10.7. The van der Waals surface area contributed by atoms with Gasteiger partial charge >= 0.3 is 0 Å². The minimum atomic E-state index is -0.131. The third-order valence-corrected chi connectivity index (χ3v) is 3.22. The first kappa shape index (κ1) is 12.9. The van der Waals surface area contributed by atoms with E-state index in [1.165, 1.54) is 6.07 Å². The van der Waals surface area contributed by atoms with Crippen molar-refractivity contribution in [1.82, 2.24) is 5.32 Å². The highest BCUT2D eigenvalue weighted by atomic mass is 19.1. The topological polar surface area (TPSA) is 50.4 Å². The van der Waals surface area contributed by atoms with Crippen LogP contribution in [0.1, 0.15) is 37.7 Å². The first-order chi connectivity index (χ1) is 8.72. The van der Waals surface area contributed by atoms with Crippen LogP contribution in [0.2, 0.25) is 0 Å². The number of nitrogens with one attached hydrogen (secondary N) is 1. The predicted octanol–water partition coefficient (Wildman–Crippen LogP) is 2.39. The maximum absolute atomic E-state index is 13.6. The van der Waals surface area contributed by atoms with Gasteiger partial charge in [0.25, 0.3) is 0 Å². The van der Waals surface area contributed by atoms with E-state index >= 15 is 0 Å². The van der Waals surface area contributed by atoms with Crippen LogP contribution in [-0.4, -0.2) is 18.5 Å². The van der Waals surface area contributed by atoms with E-state index in [1.54, 1.807) is 6.07 Å². The highest BCUT2D eigenvalue weighted by Crippen LogP contribution is 2.41. The molecule has 3 nitrogen and oxygen atoms in total. The monoisotopic (exact) mass is 249 g/mol. The molecule has 4 heteroatoms. The van der Waals surface area contributed by atoms with Crippen LogP contribution < -0.4 is 11.1 Å². The largest absolute Gasteiger partial charge is 0.370 e. The number of nitrogens with two attached hydrogens (primary N) is 1. The van der Waals surface area contributed by atoms with Crippen LogP contribution >= 0.6 is 0 Å². The molecule has 1 aliphatic carbocycles. The number of guanidine groups is 1. The lowest BCUT2D eigenvalue weighted by molar-refractivity contribution is 0.608. The first-order valence-electron chi connectivity index (χ1n) is 6.53. The summed E-state index contributed by atoms with van der Waals surface area (Å²) in [6.45, 7) is 2.88. The second kappa shape index (κ2) is 5.85. The van der Waals surface area contributed by atoms with Gasteiger partial charge in [0.1, 0.15) is 5.82 Å². The number of hydrogen-bond acceptors (Lipinski definition) is 1. The summed E-state index contributed by atoms with van der Waals surface area (Å²) < 4.78 is 13.6. The molecule has 2 rings (SSSR count). The molecule has 0 aromatic heterocycles. The summed E-state index contributed by atoms with van der Waals surface area (Å²) in [7, 11) is 0. The average molecular weight is 249 g/mol. The number of rotatable bonds is 5. The molecule has 1 aromatic carbocycles. The molecule has 0 spiro atoms. The average Bonchev–Trinajstić information content (AvgIpc) is 3.09. The Morgan fingerprint density at radius 3 is 3.00 bits per heavy atom. The molecule has 0 amide bonds. The van der Waals surface area contributed by atoms with Gasteiger partial charge in [-0.3, -0.25) is 4.99 Å². The zero-order valence-electron chi connectivity index (χ0n) is 10.7.